The zero-order chi connectivity index (χ0) is 15.2. The van der Waals surface area contributed by atoms with Crippen molar-refractivity contribution in [2.45, 2.75) is 6.92 Å². The molecular weight excluding hydrogens is 276 g/mol. The van der Waals surface area contributed by atoms with E-state index in [0.29, 0.717) is 23.0 Å². The average molecular weight is 292 g/mol. The Morgan fingerprint density at radius 1 is 1.14 bits per heavy atom. The van der Waals surface area contributed by atoms with Crippen molar-refractivity contribution in [3.05, 3.63) is 17.7 Å². The van der Waals surface area contributed by atoms with Crippen LogP contribution < -0.4 is 19.6 Å². The monoisotopic (exact) mass is 292 g/mol. The van der Waals surface area contributed by atoms with E-state index in [1.54, 1.807) is 33.5 Å². The van der Waals surface area contributed by atoms with E-state index in [-0.39, 0.29) is 5.95 Å². The number of anilines is 1. The van der Waals surface area contributed by atoms with Crippen LogP contribution in [0, 0.1) is 0 Å². The minimum absolute atomic E-state index is 0.279. The molecule has 112 valence electrons. The molecule has 9 heteroatoms. The van der Waals surface area contributed by atoms with Crippen molar-refractivity contribution in [3.8, 4) is 17.2 Å². The highest BCUT2D eigenvalue weighted by molar-refractivity contribution is 6.00. The Labute approximate surface area is 121 Å². The van der Waals surface area contributed by atoms with Crippen LogP contribution in [-0.2, 0) is 0 Å². The number of aromatic nitrogens is 4. The SMILES string of the molecule is COc1cc(/C(C)=N\Nc2nn[nH]n2)cc(OC)c1OC. The van der Waals surface area contributed by atoms with Crippen molar-refractivity contribution in [2.75, 3.05) is 26.8 Å². The van der Waals surface area contributed by atoms with Gasteiger partial charge in [0, 0.05) is 5.56 Å². The summed E-state index contributed by atoms with van der Waals surface area (Å²) >= 11 is 0. The summed E-state index contributed by atoms with van der Waals surface area (Å²) in [5.41, 5.74) is 4.19. The molecule has 0 bridgehead atoms. The highest BCUT2D eigenvalue weighted by atomic mass is 16.5. The van der Waals surface area contributed by atoms with E-state index in [2.05, 4.69) is 31.2 Å². The molecule has 0 fully saturated rings. The quantitative estimate of drug-likeness (QED) is 0.605. The van der Waals surface area contributed by atoms with Gasteiger partial charge in [0.2, 0.25) is 5.75 Å². The lowest BCUT2D eigenvalue weighted by Gasteiger charge is -2.13. The Morgan fingerprint density at radius 3 is 2.29 bits per heavy atom. The van der Waals surface area contributed by atoms with Crippen LogP contribution in [0.2, 0.25) is 0 Å². The fourth-order valence-corrected chi connectivity index (χ4v) is 1.70. The summed E-state index contributed by atoms with van der Waals surface area (Å²) in [5, 5.41) is 17.4. The van der Waals surface area contributed by atoms with Crippen LogP contribution in [-0.4, -0.2) is 47.7 Å². The molecule has 0 saturated heterocycles. The fourth-order valence-electron chi connectivity index (χ4n) is 1.70. The molecule has 21 heavy (non-hydrogen) atoms. The highest BCUT2D eigenvalue weighted by Crippen LogP contribution is 2.38. The van der Waals surface area contributed by atoms with Gasteiger partial charge in [-0.2, -0.15) is 10.3 Å². The van der Waals surface area contributed by atoms with Crippen molar-refractivity contribution in [2.24, 2.45) is 5.10 Å². The third-order valence-electron chi connectivity index (χ3n) is 2.75. The molecule has 0 radical (unpaired) electrons. The highest BCUT2D eigenvalue weighted by Gasteiger charge is 2.14. The van der Waals surface area contributed by atoms with E-state index in [4.69, 9.17) is 14.2 Å². The smallest absolute Gasteiger partial charge is 0.283 e. The van der Waals surface area contributed by atoms with Gasteiger partial charge in [-0.15, -0.1) is 5.10 Å². The van der Waals surface area contributed by atoms with Crippen molar-refractivity contribution in [1.29, 1.82) is 0 Å². The maximum atomic E-state index is 5.30. The van der Waals surface area contributed by atoms with Gasteiger partial charge in [-0.1, -0.05) is 5.10 Å². The minimum Gasteiger partial charge on any atom is -0.493 e. The Hall–Kier alpha value is -2.84. The average Bonchev–Trinajstić information content (AvgIpc) is 3.04. The van der Waals surface area contributed by atoms with E-state index in [1.165, 1.54) is 0 Å². The molecule has 1 aromatic carbocycles. The number of nitrogens with zero attached hydrogens (tertiary/aromatic N) is 4. The Bertz CT molecular complexity index is 601. The van der Waals surface area contributed by atoms with Gasteiger partial charge in [0.25, 0.3) is 5.95 Å². The minimum atomic E-state index is 0.279. The molecular formula is C12H16N6O3. The largest absolute Gasteiger partial charge is 0.493 e. The molecule has 0 spiro atoms. The summed E-state index contributed by atoms with van der Waals surface area (Å²) < 4.78 is 15.9. The van der Waals surface area contributed by atoms with Crippen LogP contribution >= 0.6 is 0 Å². The second kappa shape index (κ2) is 6.55. The number of hydrazone groups is 1. The summed E-state index contributed by atoms with van der Waals surface area (Å²) in [5.74, 6) is 1.92. The number of ether oxygens (including phenoxy) is 3. The van der Waals surface area contributed by atoms with Gasteiger partial charge in [0.1, 0.15) is 0 Å². The molecule has 0 aliphatic carbocycles. The first kappa shape index (κ1) is 14.6. The third kappa shape index (κ3) is 3.19. The molecule has 0 aliphatic heterocycles. The van der Waals surface area contributed by atoms with Crippen LogP contribution in [0.15, 0.2) is 17.2 Å². The molecule has 9 nitrogen and oxygen atoms in total. The second-order valence-corrected chi connectivity index (χ2v) is 3.96. The lowest BCUT2D eigenvalue weighted by Crippen LogP contribution is -2.03. The standard InChI is InChI=1S/C12H16N6O3/c1-7(13-14-12-15-17-18-16-12)8-5-9(19-2)11(21-4)10(6-8)20-3/h5-6H,1-4H3,(H2,14,15,16,17,18)/b13-7-. The summed E-state index contributed by atoms with van der Waals surface area (Å²) in [6.07, 6.45) is 0. The van der Waals surface area contributed by atoms with Crippen molar-refractivity contribution >= 4 is 11.7 Å². The van der Waals surface area contributed by atoms with E-state index in [0.717, 1.165) is 5.56 Å². The predicted molar refractivity (Wildman–Crippen MR) is 76.1 cm³/mol. The number of hydrogen-bond acceptors (Lipinski definition) is 8. The Balaban J connectivity index is 2.32. The normalized spacial score (nSPS) is 11.1. The van der Waals surface area contributed by atoms with Gasteiger partial charge < -0.3 is 14.2 Å². The Morgan fingerprint density at radius 2 is 1.81 bits per heavy atom. The first-order valence-electron chi connectivity index (χ1n) is 6.03. The number of nitrogens with one attached hydrogen (secondary N) is 2. The number of tetrazole rings is 1. The van der Waals surface area contributed by atoms with Crippen LogP contribution in [0.25, 0.3) is 0 Å². The second-order valence-electron chi connectivity index (χ2n) is 3.96. The lowest BCUT2D eigenvalue weighted by molar-refractivity contribution is 0.324. The van der Waals surface area contributed by atoms with Gasteiger partial charge >= 0.3 is 0 Å². The number of methoxy groups -OCH3 is 3. The van der Waals surface area contributed by atoms with Crippen LogP contribution in [0.3, 0.4) is 0 Å². The van der Waals surface area contributed by atoms with Crippen molar-refractivity contribution in [1.82, 2.24) is 20.6 Å². The van der Waals surface area contributed by atoms with Crippen LogP contribution in [0.1, 0.15) is 12.5 Å². The Kier molecular flexibility index (Phi) is 4.54. The molecule has 0 amide bonds. The van der Waals surface area contributed by atoms with Crippen LogP contribution in [0.5, 0.6) is 17.2 Å². The molecule has 2 rings (SSSR count). The number of aromatic amines is 1. The zero-order valence-electron chi connectivity index (χ0n) is 12.2. The lowest BCUT2D eigenvalue weighted by atomic mass is 10.1. The van der Waals surface area contributed by atoms with E-state index in [1.807, 2.05) is 6.92 Å². The maximum absolute atomic E-state index is 5.30. The van der Waals surface area contributed by atoms with Crippen molar-refractivity contribution < 1.29 is 14.2 Å². The third-order valence-corrected chi connectivity index (χ3v) is 2.75. The topological polar surface area (TPSA) is 107 Å². The fraction of sp³-hybridized carbons (Fsp3) is 0.333. The van der Waals surface area contributed by atoms with Crippen LogP contribution in [0.4, 0.5) is 5.95 Å². The number of rotatable bonds is 6. The van der Waals surface area contributed by atoms with Gasteiger partial charge in [-0.3, -0.25) is 0 Å². The number of H-pyrrole nitrogens is 1. The van der Waals surface area contributed by atoms with Gasteiger partial charge in [-0.05, 0) is 24.3 Å². The van der Waals surface area contributed by atoms with E-state index >= 15 is 0 Å². The summed E-state index contributed by atoms with van der Waals surface area (Å²) in [6.45, 7) is 1.83. The summed E-state index contributed by atoms with van der Waals surface area (Å²) in [6, 6.07) is 3.61. The molecule has 2 aromatic rings. The zero-order valence-corrected chi connectivity index (χ0v) is 12.2. The molecule has 0 unspecified atom stereocenters. The molecule has 0 atom stereocenters. The van der Waals surface area contributed by atoms with Gasteiger partial charge in [0.05, 0.1) is 27.0 Å². The molecule has 1 aromatic heterocycles. The molecule has 0 aliphatic rings. The van der Waals surface area contributed by atoms with Gasteiger partial charge in [0.15, 0.2) is 11.5 Å². The summed E-state index contributed by atoms with van der Waals surface area (Å²) in [7, 11) is 4.68. The molecule has 1 heterocycles. The first-order valence-corrected chi connectivity index (χ1v) is 6.03. The number of benzene rings is 1. The molecule has 2 N–H and O–H groups in total. The maximum Gasteiger partial charge on any atom is 0.283 e. The predicted octanol–water partition coefficient (Wildman–Crippen LogP) is 1.06. The molecule has 0 saturated carbocycles. The summed E-state index contributed by atoms with van der Waals surface area (Å²) in [4.78, 5) is 0. The first-order chi connectivity index (χ1) is 10.2. The van der Waals surface area contributed by atoms with E-state index in [9.17, 15) is 0 Å². The van der Waals surface area contributed by atoms with Crippen molar-refractivity contribution in [3.63, 3.8) is 0 Å². The van der Waals surface area contributed by atoms with E-state index < -0.39 is 0 Å². The number of hydrogen-bond donors (Lipinski definition) is 2. The van der Waals surface area contributed by atoms with Gasteiger partial charge in [-0.25, -0.2) is 5.43 Å².